The van der Waals surface area contributed by atoms with Crippen LogP contribution >= 0.6 is 0 Å². The lowest BCUT2D eigenvalue weighted by atomic mass is 10.00. The third-order valence-corrected chi connectivity index (χ3v) is 3.00. The third kappa shape index (κ3) is 4.43. The van der Waals surface area contributed by atoms with E-state index in [2.05, 4.69) is 5.32 Å². The Morgan fingerprint density at radius 2 is 1.50 bits per heavy atom. The lowest BCUT2D eigenvalue weighted by Crippen LogP contribution is -2.15. The number of hydrogen-bond donors (Lipinski definition) is 1. The molecule has 3 rings (SSSR count). The number of anilines is 1. The molecule has 1 unspecified atom stereocenters. The van der Waals surface area contributed by atoms with Gasteiger partial charge in [-0.3, -0.25) is 4.79 Å². The van der Waals surface area contributed by atoms with E-state index in [1.54, 1.807) is 0 Å². The maximum absolute atomic E-state index is 11.6. The molecule has 2 aromatic rings. The van der Waals surface area contributed by atoms with Crippen molar-refractivity contribution in [3.8, 4) is 0 Å². The van der Waals surface area contributed by atoms with E-state index in [0.717, 1.165) is 16.8 Å². The summed E-state index contributed by atoms with van der Waals surface area (Å²) in [6.45, 7) is 8.08. The Morgan fingerprint density at radius 1 is 0.909 bits per heavy atom. The quantitative estimate of drug-likeness (QED) is 0.821. The van der Waals surface area contributed by atoms with Gasteiger partial charge in [-0.2, -0.15) is 0 Å². The van der Waals surface area contributed by atoms with E-state index in [0.29, 0.717) is 0 Å². The second-order valence-corrected chi connectivity index (χ2v) is 4.24. The van der Waals surface area contributed by atoms with Crippen LogP contribution < -0.4 is 5.32 Å². The average molecular weight is 299 g/mol. The van der Waals surface area contributed by atoms with Crippen molar-refractivity contribution in [3.05, 3.63) is 65.7 Å². The summed E-state index contributed by atoms with van der Waals surface area (Å²) in [6.07, 6.45) is -0.193. The van der Waals surface area contributed by atoms with Gasteiger partial charge < -0.3 is 10.1 Å². The molecule has 0 radical (unpaired) electrons. The lowest BCUT2D eigenvalue weighted by molar-refractivity contribution is -0.121. The molecule has 0 fully saturated rings. The highest BCUT2D eigenvalue weighted by Gasteiger charge is 2.23. The van der Waals surface area contributed by atoms with Crippen LogP contribution in [-0.4, -0.2) is 12.5 Å². The Labute approximate surface area is 133 Å². The number of ether oxygens (including phenoxy) is 1. The molecule has 1 atom stereocenters. The van der Waals surface area contributed by atoms with Crippen molar-refractivity contribution in [2.75, 3.05) is 11.9 Å². The number of nitrogens with one attached hydrogen (secondary N) is 1. The number of rotatable bonds is 1. The van der Waals surface area contributed by atoms with Crippen molar-refractivity contribution >= 4 is 11.6 Å². The van der Waals surface area contributed by atoms with E-state index in [9.17, 15) is 4.79 Å². The first-order chi connectivity index (χ1) is 10.8. The molecular weight excluding hydrogens is 274 g/mol. The molecule has 0 saturated heterocycles. The maximum Gasteiger partial charge on any atom is 0.250 e. The van der Waals surface area contributed by atoms with E-state index < -0.39 is 0 Å². The molecule has 0 spiro atoms. The molecular formula is C19H25NO2. The monoisotopic (exact) mass is 299 g/mol. The van der Waals surface area contributed by atoms with Crippen LogP contribution in [0.25, 0.3) is 0 Å². The van der Waals surface area contributed by atoms with Gasteiger partial charge in [-0.05, 0) is 11.6 Å². The summed E-state index contributed by atoms with van der Waals surface area (Å²) in [5, 5.41) is 2.86. The zero-order valence-corrected chi connectivity index (χ0v) is 13.8. The van der Waals surface area contributed by atoms with Gasteiger partial charge >= 0.3 is 0 Å². The smallest absolute Gasteiger partial charge is 0.250 e. The summed E-state index contributed by atoms with van der Waals surface area (Å²) in [7, 11) is 0. The number of carbonyl (C=O) groups is 1. The summed E-state index contributed by atoms with van der Waals surface area (Å²) in [4.78, 5) is 11.6. The van der Waals surface area contributed by atoms with Gasteiger partial charge in [0.2, 0.25) is 5.91 Å². The van der Waals surface area contributed by atoms with Gasteiger partial charge in [-0.15, -0.1) is 0 Å². The molecule has 1 aliphatic heterocycles. The van der Waals surface area contributed by atoms with Crippen molar-refractivity contribution in [2.45, 2.75) is 33.8 Å². The molecule has 1 amide bonds. The van der Waals surface area contributed by atoms with Gasteiger partial charge in [0.25, 0.3) is 0 Å². The van der Waals surface area contributed by atoms with Crippen molar-refractivity contribution in [3.63, 3.8) is 0 Å². The Kier molecular flexibility index (Phi) is 7.94. The number of benzene rings is 2. The van der Waals surface area contributed by atoms with E-state index in [-0.39, 0.29) is 18.6 Å². The van der Waals surface area contributed by atoms with Gasteiger partial charge in [0.15, 0.2) is 0 Å². The largest absolute Gasteiger partial charge is 0.359 e. The first kappa shape index (κ1) is 17.9. The maximum atomic E-state index is 11.6. The van der Waals surface area contributed by atoms with E-state index in [4.69, 9.17) is 4.74 Å². The fraction of sp³-hybridized carbons (Fsp3) is 0.316. The minimum atomic E-state index is -0.193. The summed E-state index contributed by atoms with van der Waals surface area (Å²) < 4.78 is 5.72. The van der Waals surface area contributed by atoms with Crippen LogP contribution in [0.2, 0.25) is 0 Å². The van der Waals surface area contributed by atoms with Crippen molar-refractivity contribution in [2.24, 2.45) is 0 Å². The third-order valence-electron chi connectivity index (χ3n) is 3.00. The normalized spacial score (nSPS) is 15.8. The summed E-state index contributed by atoms with van der Waals surface area (Å²) in [6, 6.07) is 17.7. The first-order valence-electron chi connectivity index (χ1n) is 7.90. The van der Waals surface area contributed by atoms with Crippen LogP contribution in [0, 0.1) is 0 Å². The lowest BCUT2D eigenvalue weighted by Gasteiger charge is -2.17. The Morgan fingerprint density at radius 3 is 2.18 bits per heavy atom. The second kappa shape index (κ2) is 9.74. The highest BCUT2D eigenvalue weighted by molar-refractivity contribution is 5.93. The van der Waals surface area contributed by atoms with E-state index >= 15 is 0 Å². The molecule has 118 valence electrons. The van der Waals surface area contributed by atoms with Crippen LogP contribution in [0.4, 0.5) is 5.69 Å². The number of carbonyl (C=O) groups excluding carboxylic acids is 1. The molecule has 0 bridgehead atoms. The van der Waals surface area contributed by atoms with Crippen molar-refractivity contribution < 1.29 is 9.53 Å². The molecule has 1 aliphatic rings. The zero-order valence-electron chi connectivity index (χ0n) is 13.8. The summed E-state index contributed by atoms with van der Waals surface area (Å²) in [5.41, 5.74) is 2.88. The molecule has 2 aromatic carbocycles. The van der Waals surface area contributed by atoms with Gasteiger partial charge in [0, 0.05) is 11.3 Å². The number of hydrogen-bond acceptors (Lipinski definition) is 2. The van der Waals surface area contributed by atoms with Crippen LogP contribution in [0.1, 0.15) is 44.9 Å². The van der Waals surface area contributed by atoms with Crippen LogP contribution in [0.15, 0.2) is 54.6 Å². The Balaban J connectivity index is 0.000000561. The van der Waals surface area contributed by atoms with Gasteiger partial charge in [0.1, 0.15) is 12.7 Å². The SMILES string of the molecule is CC.CC.O=C1COC(c2ccccc2)c2ccccc2N1. The van der Waals surface area contributed by atoms with Crippen LogP contribution in [0.5, 0.6) is 0 Å². The van der Waals surface area contributed by atoms with Crippen LogP contribution in [-0.2, 0) is 9.53 Å². The average Bonchev–Trinajstić information content (AvgIpc) is 2.77. The number of amides is 1. The number of fused-ring (bicyclic) bond motifs is 1. The fourth-order valence-electron chi connectivity index (χ4n) is 2.18. The topological polar surface area (TPSA) is 38.3 Å². The summed E-state index contributed by atoms with van der Waals surface area (Å²) in [5.74, 6) is -0.110. The number of para-hydroxylation sites is 1. The highest BCUT2D eigenvalue weighted by atomic mass is 16.5. The molecule has 1 N–H and O–H groups in total. The first-order valence-corrected chi connectivity index (χ1v) is 7.90. The van der Waals surface area contributed by atoms with Crippen molar-refractivity contribution in [1.82, 2.24) is 0 Å². The Bertz CT molecular complexity index is 567. The van der Waals surface area contributed by atoms with Crippen molar-refractivity contribution in [1.29, 1.82) is 0 Å². The van der Waals surface area contributed by atoms with Gasteiger partial charge in [0.05, 0.1) is 0 Å². The second-order valence-electron chi connectivity index (χ2n) is 4.24. The molecule has 3 nitrogen and oxygen atoms in total. The van der Waals surface area contributed by atoms with Gasteiger partial charge in [-0.1, -0.05) is 76.2 Å². The molecule has 0 aromatic heterocycles. The molecule has 22 heavy (non-hydrogen) atoms. The summed E-state index contributed by atoms with van der Waals surface area (Å²) >= 11 is 0. The fourth-order valence-corrected chi connectivity index (χ4v) is 2.18. The standard InChI is InChI=1S/C15H13NO2.2C2H6/c17-14-10-18-15(11-6-2-1-3-7-11)12-8-4-5-9-13(12)16-14;2*1-2/h1-9,15H,10H2,(H,16,17);2*1-2H3. The molecule has 0 saturated carbocycles. The zero-order chi connectivity index (χ0) is 16.4. The minimum Gasteiger partial charge on any atom is -0.359 e. The minimum absolute atomic E-state index is 0.0776. The highest BCUT2D eigenvalue weighted by Crippen LogP contribution is 2.33. The molecule has 0 aliphatic carbocycles. The van der Waals surface area contributed by atoms with E-state index in [1.165, 1.54) is 0 Å². The van der Waals surface area contributed by atoms with E-state index in [1.807, 2.05) is 82.3 Å². The van der Waals surface area contributed by atoms with Gasteiger partial charge in [-0.25, -0.2) is 0 Å². The molecule has 3 heteroatoms. The Hall–Kier alpha value is -2.13. The predicted octanol–water partition coefficient (Wildman–Crippen LogP) is 4.80. The molecule has 1 heterocycles. The van der Waals surface area contributed by atoms with Crippen LogP contribution in [0.3, 0.4) is 0 Å². The predicted molar refractivity (Wildman–Crippen MR) is 92.0 cm³/mol.